The third kappa shape index (κ3) is 4.76. The van der Waals surface area contributed by atoms with Gasteiger partial charge in [0, 0.05) is 16.9 Å². The number of fused-ring (bicyclic) bond motifs is 3. The van der Waals surface area contributed by atoms with Crippen LogP contribution in [0.1, 0.15) is 61.0 Å². The molecule has 0 aromatic heterocycles. The molecule has 0 saturated carbocycles. The Balaban J connectivity index is 1.51. The van der Waals surface area contributed by atoms with E-state index in [0.29, 0.717) is 12.1 Å². The minimum atomic E-state index is -0.710. The van der Waals surface area contributed by atoms with E-state index in [-0.39, 0.29) is 29.0 Å². The minimum absolute atomic E-state index is 0.0799. The average molecular weight is 496 g/mol. The van der Waals surface area contributed by atoms with Crippen LogP contribution in [0.5, 0.6) is 5.75 Å². The molecule has 8 heteroatoms. The number of hydrogen-bond acceptors (Lipinski definition) is 5. The topological polar surface area (TPSA) is 87.7 Å². The number of rotatable bonds is 8. The number of thioether (sulfide) groups is 1. The van der Waals surface area contributed by atoms with Gasteiger partial charge in [-0.05, 0) is 49.1 Å². The minimum Gasteiger partial charge on any atom is -0.497 e. The summed E-state index contributed by atoms with van der Waals surface area (Å²) in [5.41, 5.74) is 2.50. The number of nitrogens with zero attached hydrogens (tertiary/aromatic N) is 1. The van der Waals surface area contributed by atoms with E-state index in [4.69, 9.17) is 4.74 Å². The molecule has 4 rings (SSSR count). The molecule has 0 bridgehead atoms. The summed E-state index contributed by atoms with van der Waals surface area (Å²) < 4.78 is 4.75. The summed E-state index contributed by atoms with van der Waals surface area (Å²) in [6, 6.07) is 13.6. The van der Waals surface area contributed by atoms with Gasteiger partial charge >= 0.3 is 0 Å². The van der Waals surface area contributed by atoms with E-state index in [1.807, 2.05) is 76.2 Å². The van der Waals surface area contributed by atoms with E-state index >= 15 is 0 Å². The number of nitrogens with one attached hydrogen (secondary N) is 2. The van der Waals surface area contributed by atoms with E-state index in [2.05, 4.69) is 10.6 Å². The number of carbonyl (C=O) groups is 3. The molecule has 0 radical (unpaired) electrons. The lowest BCUT2D eigenvalue weighted by molar-refractivity contribution is -0.133. The maximum absolute atomic E-state index is 13.7. The van der Waals surface area contributed by atoms with Crippen LogP contribution in [-0.2, 0) is 16.1 Å². The van der Waals surface area contributed by atoms with E-state index < -0.39 is 16.8 Å². The van der Waals surface area contributed by atoms with Crippen LogP contribution in [0.25, 0.3) is 0 Å². The van der Waals surface area contributed by atoms with Gasteiger partial charge in [0.05, 0.1) is 7.11 Å². The van der Waals surface area contributed by atoms with Crippen molar-refractivity contribution in [3.05, 3.63) is 65.2 Å². The lowest BCUT2D eigenvalue weighted by Gasteiger charge is -2.32. The summed E-state index contributed by atoms with van der Waals surface area (Å²) in [6.45, 7) is 8.23. The van der Waals surface area contributed by atoms with Crippen LogP contribution in [0, 0.1) is 5.92 Å². The molecule has 1 saturated heterocycles. The molecule has 2 aromatic rings. The quantitative estimate of drug-likeness (QED) is 0.580. The average Bonchev–Trinajstić information content (AvgIpc) is 3.29. The molecule has 2 aromatic carbocycles. The fourth-order valence-corrected chi connectivity index (χ4v) is 6.41. The third-order valence-electron chi connectivity index (χ3n) is 6.94. The van der Waals surface area contributed by atoms with Gasteiger partial charge in [0.25, 0.3) is 5.91 Å². The zero-order chi connectivity index (χ0) is 25.3. The fraction of sp³-hybridized carbons (Fsp3) is 0.444. The molecule has 2 aliphatic heterocycles. The first-order chi connectivity index (χ1) is 16.7. The molecule has 1 fully saturated rings. The largest absolute Gasteiger partial charge is 0.497 e. The highest BCUT2D eigenvalue weighted by atomic mass is 32.2. The lowest BCUT2D eigenvalue weighted by Crippen LogP contribution is -2.58. The van der Waals surface area contributed by atoms with Gasteiger partial charge in [-0.2, -0.15) is 0 Å². The molecular weight excluding hydrogens is 462 g/mol. The van der Waals surface area contributed by atoms with Crippen molar-refractivity contribution < 1.29 is 19.1 Å². The maximum Gasteiger partial charge on any atom is 0.256 e. The van der Waals surface area contributed by atoms with Crippen molar-refractivity contribution in [3.63, 3.8) is 0 Å². The van der Waals surface area contributed by atoms with Crippen molar-refractivity contribution in [3.8, 4) is 5.75 Å². The van der Waals surface area contributed by atoms with Gasteiger partial charge in [0.1, 0.15) is 23.2 Å². The van der Waals surface area contributed by atoms with Gasteiger partial charge in [0.15, 0.2) is 0 Å². The van der Waals surface area contributed by atoms with Gasteiger partial charge < -0.3 is 20.3 Å². The maximum atomic E-state index is 13.7. The Morgan fingerprint density at radius 3 is 2.63 bits per heavy atom. The highest BCUT2D eigenvalue weighted by Gasteiger charge is 2.57. The Morgan fingerprint density at radius 1 is 1.17 bits per heavy atom. The molecule has 0 aliphatic carbocycles. The Labute approximate surface area is 211 Å². The normalized spacial score (nSPS) is 21.6. The standard InChI is InChI=1S/C27H33N3O4S/c1-6-16(2)21(23(31)28-15-17-10-9-11-18(14-17)34-5)29-24(32)22-27(3,4)35-26-20-13-8-7-12-19(20)25(33)30(22)26/h7-14,16,21-22,26H,6,15H2,1-5H3,(H,28,31)(H,29,32)/t16-,21-,22-,26-/m0/s1. The van der Waals surface area contributed by atoms with Gasteiger partial charge in [-0.1, -0.05) is 50.6 Å². The number of benzene rings is 2. The molecule has 2 heterocycles. The molecular formula is C27H33N3O4S. The van der Waals surface area contributed by atoms with E-state index in [1.54, 1.807) is 23.8 Å². The Kier molecular flexibility index (Phi) is 7.12. The molecule has 0 unspecified atom stereocenters. The van der Waals surface area contributed by atoms with Crippen molar-refractivity contribution in [2.24, 2.45) is 5.92 Å². The smallest absolute Gasteiger partial charge is 0.256 e. The summed E-state index contributed by atoms with van der Waals surface area (Å²) in [7, 11) is 1.60. The van der Waals surface area contributed by atoms with Gasteiger partial charge in [0.2, 0.25) is 11.8 Å². The second kappa shape index (κ2) is 9.93. The highest BCUT2D eigenvalue weighted by molar-refractivity contribution is 8.01. The monoisotopic (exact) mass is 495 g/mol. The Morgan fingerprint density at radius 2 is 1.91 bits per heavy atom. The Hall–Kier alpha value is -3.00. The third-order valence-corrected chi connectivity index (χ3v) is 8.47. The fourth-order valence-electron chi connectivity index (χ4n) is 4.82. The SMILES string of the molecule is CC[C@H](C)[C@H](NC(=O)[C@@H]1N2C(=O)c3ccccc3[C@@H]2SC1(C)C)C(=O)NCc1cccc(OC)c1. The van der Waals surface area contributed by atoms with Crippen LogP contribution in [0.2, 0.25) is 0 Å². The molecule has 2 aliphatic rings. The van der Waals surface area contributed by atoms with Crippen molar-refractivity contribution in [2.45, 2.75) is 62.9 Å². The predicted octanol–water partition coefficient (Wildman–Crippen LogP) is 3.89. The van der Waals surface area contributed by atoms with Crippen molar-refractivity contribution in [2.75, 3.05) is 7.11 Å². The zero-order valence-corrected chi connectivity index (χ0v) is 21.6. The molecule has 186 valence electrons. The second-order valence-electron chi connectivity index (χ2n) is 9.72. The molecule has 3 amide bonds. The second-order valence-corrected chi connectivity index (χ2v) is 11.5. The van der Waals surface area contributed by atoms with Crippen LogP contribution >= 0.6 is 11.8 Å². The molecule has 2 N–H and O–H groups in total. The number of methoxy groups -OCH3 is 1. The Bertz CT molecular complexity index is 1130. The number of hydrogen-bond donors (Lipinski definition) is 2. The summed E-state index contributed by atoms with van der Waals surface area (Å²) >= 11 is 1.61. The van der Waals surface area contributed by atoms with Crippen LogP contribution < -0.4 is 15.4 Å². The first-order valence-electron chi connectivity index (χ1n) is 12.0. The van der Waals surface area contributed by atoms with Gasteiger partial charge in [-0.15, -0.1) is 11.8 Å². The van der Waals surface area contributed by atoms with Gasteiger partial charge in [-0.25, -0.2) is 0 Å². The zero-order valence-electron chi connectivity index (χ0n) is 20.8. The van der Waals surface area contributed by atoms with Crippen LogP contribution in [0.15, 0.2) is 48.5 Å². The van der Waals surface area contributed by atoms with E-state index in [9.17, 15) is 14.4 Å². The molecule has 35 heavy (non-hydrogen) atoms. The number of ether oxygens (including phenoxy) is 1. The first kappa shape index (κ1) is 25.1. The van der Waals surface area contributed by atoms with E-state index in [0.717, 1.165) is 23.3 Å². The number of amides is 3. The summed E-state index contributed by atoms with van der Waals surface area (Å²) in [5.74, 6) is -0.0371. The molecule has 4 atom stereocenters. The van der Waals surface area contributed by atoms with Crippen molar-refractivity contribution in [1.29, 1.82) is 0 Å². The highest BCUT2D eigenvalue weighted by Crippen LogP contribution is 2.56. The van der Waals surface area contributed by atoms with Crippen LogP contribution in [-0.4, -0.2) is 46.6 Å². The predicted molar refractivity (Wildman–Crippen MR) is 137 cm³/mol. The summed E-state index contributed by atoms with van der Waals surface area (Å²) in [6.07, 6.45) is 0.719. The van der Waals surface area contributed by atoms with Crippen LogP contribution in [0.4, 0.5) is 0 Å². The lowest BCUT2D eigenvalue weighted by atomic mass is 9.95. The summed E-state index contributed by atoms with van der Waals surface area (Å²) in [5, 5.41) is 5.76. The van der Waals surface area contributed by atoms with E-state index in [1.165, 1.54) is 0 Å². The van der Waals surface area contributed by atoms with Crippen LogP contribution in [0.3, 0.4) is 0 Å². The molecule has 0 spiro atoms. The summed E-state index contributed by atoms with van der Waals surface area (Å²) in [4.78, 5) is 41.8. The van der Waals surface area contributed by atoms with Gasteiger partial charge in [-0.3, -0.25) is 14.4 Å². The van der Waals surface area contributed by atoms with Crippen molar-refractivity contribution >= 4 is 29.5 Å². The number of carbonyl (C=O) groups excluding carboxylic acids is 3. The van der Waals surface area contributed by atoms with Crippen molar-refractivity contribution in [1.82, 2.24) is 15.5 Å². The first-order valence-corrected chi connectivity index (χ1v) is 12.9. The molecule has 7 nitrogen and oxygen atoms in total.